The highest BCUT2D eigenvalue weighted by Crippen LogP contribution is 2.23. The molecule has 3 nitrogen and oxygen atoms in total. The lowest BCUT2D eigenvalue weighted by atomic mass is 9.97. The fourth-order valence-corrected chi connectivity index (χ4v) is 2.79. The van der Waals surface area contributed by atoms with Crippen LogP contribution in [-0.4, -0.2) is 24.2 Å². The first-order valence-electron chi connectivity index (χ1n) is 7.56. The molecule has 0 aromatic carbocycles. The van der Waals surface area contributed by atoms with Crippen molar-refractivity contribution in [1.29, 1.82) is 0 Å². The lowest BCUT2D eigenvalue weighted by Crippen LogP contribution is -2.25. The van der Waals surface area contributed by atoms with Gasteiger partial charge in [0, 0.05) is 25.0 Å². The molecule has 0 amide bonds. The Hall–Kier alpha value is -0.930. The van der Waals surface area contributed by atoms with E-state index in [1.807, 2.05) is 12.4 Å². The first-order valence-corrected chi connectivity index (χ1v) is 7.56. The molecule has 1 saturated heterocycles. The number of hydrogen-bond donors (Lipinski definition) is 1. The van der Waals surface area contributed by atoms with Crippen LogP contribution in [0.1, 0.15) is 56.2 Å². The summed E-state index contributed by atoms with van der Waals surface area (Å²) >= 11 is 0. The maximum atomic E-state index is 5.82. The van der Waals surface area contributed by atoms with Gasteiger partial charge in [-0.3, -0.25) is 4.98 Å². The average molecular weight is 262 g/mol. The summed E-state index contributed by atoms with van der Waals surface area (Å²) < 4.78 is 5.82. The molecule has 0 aliphatic carbocycles. The summed E-state index contributed by atoms with van der Waals surface area (Å²) in [5.74, 6) is 0. The van der Waals surface area contributed by atoms with Gasteiger partial charge < -0.3 is 10.1 Å². The van der Waals surface area contributed by atoms with E-state index in [0.29, 0.717) is 12.1 Å². The van der Waals surface area contributed by atoms with E-state index in [4.69, 9.17) is 4.74 Å². The molecule has 1 aromatic rings. The van der Waals surface area contributed by atoms with Gasteiger partial charge in [0.05, 0.1) is 6.10 Å². The Bertz CT molecular complexity index is 375. The van der Waals surface area contributed by atoms with E-state index in [1.54, 1.807) is 0 Å². The molecule has 106 valence electrons. The number of nitrogens with zero attached hydrogens (tertiary/aromatic N) is 1. The Morgan fingerprint density at radius 3 is 3.00 bits per heavy atom. The zero-order valence-electron chi connectivity index (χ0n) is 12.2. The molecule has 0 bridgehead atoms. The van der Waals surface area contributed by atoms with Crippen molar-refractivity contribution in [2.45, 2.75) is 58.1 Å². The van der Waals surface area contributed by atoms with E-state index < -0.39 is 0 Å². The standard InChI is InChI=1S/C16H26N2O/c1-3-18-16(14-10-13(2)11-17-12-14)8-7-15-6-4-5-9-19-15/h10-12,15-16,18H,3-9H2,1-2H3. The number of pyridine rings is 1. The molecule has 2 heterocycles. The maximum absolute atomic E-state index is 5.82. The zero-order chi connectivity index (χ0) is 13.5. The monoisotopic (exact) mass is 262 g/mol. The van der Waals surface area contributed by atoms with Crippen molar-refractivity contribution in [1.82, 2.24) is 10.3 Å². The second kappa shape index (κ2) is 7.61. The summed E-state index contributed by atoms with van der Waals surface area (Å²) in [7, 11) is 0. The fourth-order valence-electron chi connectivity index (χ4n) is 2.79. The number of aryl methyl sites for hydroxylation is 1. The SMILES string of the molecule is CCNC(CCC1CCCCO1)c1cncc(C)c1. The minimum Gasteiger partial charge on any atom is -0.378 e. The minimum absolute atomic E-state index is 0.405. The van der Waals surface area contributed by atoms with Crippen molar-refractivity contribution >= 4 is 0 Å². The smallest absolute Gasteiger partial charge is 0.0575 e. The predicted octanol–water partition coefficient (Wildman–Crippen LogP) is 3.39. The van der Waals surface area contributed by atoms with Crippen molar-refractivity contribution in [3.05, 3.63) is 29.6 Å². The summed E-state index contributed by atoms with van der Waals surface area (Å²) in [4.78, 5) is 4.31. The Morgan fingerprint density at radius 1 is 1.42 bits per heavy atom. The number of hydrogen-bond acceptors (Lipinski definition) is 3. The molecule has 1 aromatic heterocycles. The van der Waals surface area contributed by atoms with E-state index in [-0.39, 0.29) is 0 Å². The third-order valence-corrected chi connectivity index (χ3v) is 3.80. The molecule has 19 heavy (non-hydrogen) atoms. The van der Waals surface area contributed by atoms with Crippen molar-refractivity contribution < 1.29 is 4.74 Å². The first kappa shape index (κ1) is 14.5. The van der Waals surface area contributed by atoms with Crippen LogP contribution in [0.2, 0.25) is 0 Å². The van der Waals surface area contributed by atoms with Crippen molar-refractivity contribution in [2.24, 2.45) is 0 Å². The van der Waals surface area contributed by atoms with Gasteiger partial charge >= 0.3 is 0 Å². The van der Waals surface area contributed by atoms with Crippen LogP contribution in [0.25, 0.3) is 0 Å². The van der Waals surface area contributed by atoms with E-state index in [1.165, 1.54) is 30.4 Å². The van der Waals surface area contributed by atoms with Crippen LogP contribution in [0.5, 0.6) is 0 Å². The Labute approximate surface area is 116 Å². The van der Waals surface area contributed by atoms with Gasteiger partial charge in [-0.25, -0.2) is 0 Å². The fraction of sp³-hybridized carbons (Fsp3) is 0.688. The topological polar surface area (TPSA) is 34.1 Å². The second-order valence-electron chi connectivity index (χ2n) is 5.47. The highest BCUT2D eigenvalue weighted by Gasteiger charge is 2.17. The molecule has 1 aliphatic heterocycles. The summed E-state index contributed by atoms with van der Waals surface area (Å²) in [6.45, 7) is 6.20. The van der Waals surface area contributed by atoms with Crippen LogP contribution in [0.3, 0.4) is 0 Å². The molecular formula is C16H26N2O. The number of rotatable bonds is 6. The van der Waals surface area contributed by atoms with Gasteiger partial charge in [-0.05, 0) is 56.7 Å². The van der Waals surface area contributed by atoms with E-state index >= 15 is 0 Å². The van der Waals surface area contributed by atoms with Gasteiger partial charge in [-0.15, -0.1) is 0 Å². The zero-order valence-corrected chi connectivity index (χ0v) is 12.2. The van der Waals surface area contributed by atoms with Crippen LogP contribution in [0.4, 0.5) is 0 Å². The summed E-state index contributed by atoms with van der Waals surface area (Å²) in [6, 6.07) is 2.64. The number of aromatic nitrogens is 1. The lowest BCUT2D eigenvalue weighted by Gasteiger charge is -2.25. The summed E-state index contributed by atoms with van der Waals surface area (Å²) in [5, 5.41) is 3.57. The molecule has 0 radical (unpaired) electrons. The number of ether oxygens (including phenoxy) is 1. The molecule has 0 saturated carbocycles. The van der Waals surface area contributed by atoms with Crippen molar-refractivity contribution in [3.63, 3.8) is 0 Å². The van der Waals surface area contributed by atoms with E-state index in [0.717, 1.165) is 26.0 Å². The molecule has 1 N–H and O–H groups in total. The Kier molecular flexibility index (Phi) is 5.80. The highest BCUT2D eigenvalue weighted by molar-refractivity contribution is 5.20. The van der Waals surface area contributed by atoms with Gasteiger partial charge in [0.2, 0.25) is 0 Å². The number of nitrogens with one attached hydrogen (secondary N) is 1. The third-order valence-electron chi connectivity index (χ3n) is 3.80. The molecule has 2 rings (SSSR count). The largest absolute Gasteiger partial charge is 0.378 e. The quantitative estimate of drug-likeness (QED) is 0.853. The average Bonchev–Trinajstić information content (AvgIpc) is 2.44. The minimum atomic E-state index is 0.405. The first-order chi connectivity index (χ1) is 9.29. The van der Waals surface area contributed by atoms with E-state index in [2.05, 4.69) is 30.2 Å². The van der Waals surface area contributed by atoms with Crippen molar-refractivity contribution in [3.8, 4) is 0 Å². The second-order valence-corrected chi connectivity index (χ2v) is 5.47. The molecule has 3 heteroatoms. The van der Waals surface area contributed by atoms with Crippen LogP contribution in [0, 0.1) is 6.92 Å². The van der Waals surface area contributed by atoms with Crippen LogP contribution >= 0.6 is 0 Å². The molecule has 2 unspecified atom stereocenters. The van der Waals surface area contributed by atoms with Crippen LogP contribution in [-0.2, 0) is 4.74 Å². The summed E-state index contributed by atoms with van der Waals surface area (Å²) in [5.41, 5.74) is 2.53. The maximum Gasteiger partial charge on any atom is 0.0575 e. The molecule has 1 fully saturated rings. The van der Waals surface area contributed by atoms with E-state index in [9.17, 15) is 0 Å². The van der Waals surface area contributed by atoms with Gasteiger partial charge in [0.1, 0.15) is 0 Å². The molecule has 2 atom stereocenters. The lowest BCUT2D eigenvalue weighted by molar-refractivity contribution is 0.00856. The Balaban J connectivity index is 1.91. The molecule has 1 aliphatic rings. The van der Waals surface area contributed by atoms with Gasteiger partial charge in [-0.2, -0.15) is 0 Å². The van der Waals surface area contributed by atoms with Gasteiger partial charge in [0.25, 0.3) is 0 Å². The normalized spacial score (nSPS) is 21.3. The predicted molar refractivity (Wildman–Crippen MR) is 78.2 cm³/mol. The third kappa shape index (κ3) is 4.59. The van der Waals surface area contributed by atoms with Gasteiger partial charge in [0.15, 0.2) is 0 Å². The molecular weight excluding hydrogens is 236 g/mol. The van der Waals surface area contributed by atoms with Crippen LogP contribution in [0.15, 0.2) is 18.5 Å². The summed E-state index contributed by atoms with van der Waals surface area (Å²) in [6.07, 6.45) is 10.4. The molecule has 0 spiro atoms. The van der Waals surface area contributed by atoms with Crippen LogP contribution < -0.4 is 5.32 Å². The highest BCUT2D eigenvalue weighted by atomic mass is 16.5. The van der Waals surface area contributed by atoms with Gasteiger partial charge in [-0.1, -0.05) is 13.0 Å². The Morgan fingerprint density at radius 2 is 2.32 bits per heavy atom. The van der Waals surface area contributed by atoms with Crippen molar-refractivity contribution in [2.75, 3.05) is 13.2 Å².